The summed E-state index contributed by atoms with van der Waals surface area (Å²) in [6.45, 7) is 23.7. The lowest BCUT2D eigenvalue weighted by atomic mass is 9.78. The van der Waals surface area contributed by atoms with Crippen molar-refractivity contribution < 1.29 is 0 Å². The molecule has 0 aliphatic carbocycles. The van der Waals surface area contributed by atoms with Gasteiger partial charge < -0.3 is 0 Å². The molecule has 0 amide bonds. The summed E-state index contributed by atoms with van der Waals surface area (Å²) < 4.78 is 0.598. The third-order valence-electron chi connectivity index (χ3n) is 5.49. The molecule has 0 aliphatic rings. The fraction of sp³-hybridized carbons (Fsp3) is 1.00. The molecule has 0 aromatic carbocycles. The Morgan fingerprint density at radius 2 is 0.778 bits per heavy atom. The maximum atomic E-state index is 2.39. The van der Waals surface area contributed by atoms with Crippen LogP contribution in [-0.4, -0.2) is 9.49 Å². The summed E-state index contributed by atoms with van der Waals surface area (Å²) in [6.07, 6.45) is 2.45. The Kier molecular flexibility index (Phi) is 6.23. The zero-order valence-electron chi connectivity index (χ0n) is 14.2. The topological polar surface area (TPSA) is 0 Å². The second-order valence-electron chi connectivity index (χ2n) is 7.66. The Morgan fingerprint density at radius 1 is 0.556 bits per heavy atom. The summed E-state index contributed by atoms with van der Waals surface area (Å²) >= 11 is 0. The maximum absolute atomic E-state index is 2.39. The van der Waals surface area contributed by atoms with Crippen LogP contribution < -0.4 is 0 Å². The van der Waals surface area contributed by atoms with E-state index in [0.29, 0.717) is 20.3 Å². The molecule has 0 N–H and O–H groups in total. The van der Waals surface area contributed by atoms with E-state index in [4.69, 9.17) is 0 Å². The molecule has 0 aliphatic heterocycles. The summed E-state index contributed by atoms with van der Waals surface area (Å²) in [5.74, 6) is 0. The van der Waals surface area contributed by atoms with Gasteiger partial charge in [0, 0.05) is 9.49 Å². The maximum Gasteiger partial charge on any atom is 0.0258 e. The zero-order valence-corrected chi connectivity index (χ0v) is 15.9. The van der Waals surface area contributed by atoms with Crippen LogP contribution in [0.3, 0.4) is 0 Å². The van der Waals surface area contributed by atoms with Crippen molar-refractivity contribution in [2.45, 2.75) is 91.6 Å². The third-order valence-corrected chi connectivity index (χ3v) is 10.3. The van der Waals surface area contributed by atoms with E-state index in [1.807, 2.05) is 0 Å². The van der Waals surface area contributed by atoms with Crippen LogP contribution in [0.25, 0.3) is 0 Å². The highest BCUT2D eigenvalue weighted by atomic mass is 33.1. The van der Waals surface area contributed by atoms with Crippen molar-refractivity contribution in [3.05, 3.63) is 0 Å². The molecule has 0 unspecified atom stereocenters. The van der Waals surface area contributed by atoms with Crippen molar-refractivity contribution in [1.82, 2.24) is 0 Å². The second kappa shape index (κ2) is 5.99. The van der Waals surface area contributed by atoms with Gasteiger partial charge in [-0.25, -0.2) is 0 Å². The van der Waals surface area contributed by atoms with Gasteiger partial charge in [-0.2, -0.15) is 0 Å². The zero-order chi connectivity index (χ0) is 14.8. The van der Waals surface area contributed by atoms with E-state index >= 15 is 0 Å². The Balaban J connectivity index is 4.77. The van der Waals surface area contributed by atoms with Gasteiger partial charge in [0.1, 0.15) is 0 Å². The SMILES string of the molecule is CCC(C)(C)C(C)(C)SSC(C)(C)C(C)(C)CC. The van der Waals surface area contributed by atoms with E-state index in [9.17, 15) is 0 Å². The highest BCUT2D eigenvalue weighted by Crippen LogP contribution is 2.56. The monoisotopic (exact) mass is 290 g/mol. The fourth-order valence-electron chi connectivity index (χ4n) is 1.29. The largest absolute Gasteiger partial charge is 0.0868 e. The number of hydrogen-bond donors (Lipinski definition) is 0. The van der Waals surface area contributed by atoms with Crippen LogP contribution in [0.1, 0.15) is 82.1 Å². The molecule has 0 fully saturated rings. The van der Waals surface area contributed by atoms with Crippen molar-refractivity contribution in [2.24, 2.45) is 10.8 Å². The molecule has 0 radical (unpaired) electrons. The van der Waals surface area contributed by atoms with Crippen molar-refractivity contribution in [1.29, 1.82) is 0 Å². The molecule has 18 heavy (non-hydrogen) atoms. The molecule has 0 nitrogen and oxygen atoms in total. The highest BCUT2D eigenvalue weighted by Gasteiger charge is 2.41. The van der Waals surface area contributed by atoms with Gasteiger partial charge in [0.25, 0.3) is 0 Å². The smallest absolute Gasteiger partial charge is 0.0258 e. The molecule has 110 valence electrons. The average molecular weight is 291 g/mol. The molecule has 0 saturated heterocycles. The molecule has 0 saturated carbocycles. The van der Waals surface area contributed by atoms with E-state index in [-0.39, 0.29) is 0 Å². The van der Waals surface area contributed by atoms with Crippen molar-refractivity contribution in [3.63, 3.8) is 0 Å². The molecule has 0 atom stereocenters. The summed E-state index contributed by atoms with van der Waals surface area (Å²) in [5.41, 5.74) is 0.744. The van der Waals surface area contributed by atoms with Gasteiger partial charge in [-0.3, -0.25) is 0 Å². The Morgan fingerprint density at radius 3 is 0.944 bits per heavy atom. The first-order valence-electron chi connectivity index (χ1n) is 7.20. The van der Waals surface area contributed by atoms with Gasteiger partial charge in [0.15, 0.2) is 0 Å². The van der Waals surface area contributed by atoms with E-state index in [1.54, 1.807) is 0 Å². The summed E-state index contributed by atoms with van der Waals surface area (Å²) in [7, 11) is 4.15. The normalized spacial score (nSPS) is 15.0. The van der Waals surface area contributed by atoms with E-state index < -0.39 is 0 Å². The van der Waals surface area contributed by atoms with Crippen LogP contribution in [0.4, 0.5) is 0 Å². The number of rotatable bonds is 7. The lowest BCUT2D eigenvalue weighted by molar-refractivity contribution is 0.270. The van der Waals surface area contributed by atoms with Crippen LogP contribution in [0.2, 0.25) is 0 Å². The second-order valence-corrected chi connectivity index (χ2v) is 11.0. The van der Waals surface area contributed by atoms with Crippen LogP contribution in [0.5, 0.6) is 0 Å². The average Bonchev–Trinajstić information content (AvgIpc) is 2.26. The fourth-order valence-corrected chi connectivity index (χ4v) is 5.05. The first-order valence-corrected chi connectivity index (χ1v) is 9.35. The molecular formula is C16H34S2. The first-order chi connectivity index (χ1) is 7.83. The minimum atomic E-state index is 0.299. The van der Waals surface area contributed by atoms with Crippen LogP contribution >= 0.6 is 21.6 Å². The van der Waals surface area contributed by atoms with Gasteiger partial charge in [-0.1, -0.05) is 63.1 Å². The van der Waals surface area contributed by atoms with Crippen molar-refractivity contribution in [2.75, 3.05) is 0 Å². The molecule has 0 heterocycles. The predicted molar refractivity (Wildman–Crippen MR) is 91.5 cm³/mol. The Labute approximate surface area is 124 Å². The standard InChI is InChI=1S/C16H34S2/c1-11-13(3,4)15(7,8)17-18-16(9,10)14(5,6)12-2/h11-12H2,1-10H3. The molecule has 0 aromatic heterocycles. The van der Waals surface area contributed by atoms with E-state index in [1.165, 1.54) is 12.8 Å². The van der Waals surface area contributed by atoms with Gasteiger partial charge in [-0.05, 0) is 51.4 Å². The van der Waals surface area contributed by atoms with Gasteiger partial charge in [0.05, 0.1) is 0 Å². The highest BCUT2D eigenvalue weighted by molar-refractivity contribution is 8.77. The minimum Gasteiger partial charge on any atom is -0.0868 e. The van der Waals surface area contributed by atoms with Crippen LogP contribution in [0.15, 0.2) is 0 Å². The number of hydrogen-bond acceptors (Lipinski definition) is 2. The Bertz CT molecular complexity index is 234. The van der Waals surface area contributed by atoms with Crippen LogP contribution in [-0.2, 0) is 0 Å². The van der Waals surface area contributed by atoms with Gasteiger partial charge >= 0.3 is 0 Å². The molecular weight excluding hydrogens is 256 g/mol. The van der Waals surface area contributed by atoms with Crippen molar-refractivity contribution >= 4 is 21.6 Å². The summed E-state index contributed by atoms with van der Waals surface area (Å²) in [6, 6.07) is 0. The predicted octanol–water partition coefficient (Wildman–Crippen LogP) is 6.80. The molecule has 2 heteroatoms. The van der Waals surface area contributed by atoms with Crippen LogP contribution in [0, 0.1) is 10.8 Å². The quantitative estimate of drug-likeness (QED) is 0.473. The lowest BCUT2D eigenvalue weighted by Crippen LogP contribution is -2.38. The molecule has 0 rings (SSSR count). The molecule has 0 aromatic rings. The van der Waals surface area contributed by atoms with E-state index in [0.717, 1.165) is 0 Å². The molecule has 0 bridgehead atoms. The van der Waals surface area contributed by atoms with Gasteiger partial charge in [0.2, 0.25) is 0 Å². The summed E-state index contributed by atoms with van der Waals surface area (Å²) in [5, 5.41) is 0. The van der Waals surface area contributed by atoms with E-state index in [2.05, 4.69) is 90.8 Å². The van der Waals surface area contributed by atoms with Gasteiger partial charge in [-0.15, -0.1) is 0 Å². The Hall–Kier alpha value is 0.700. The minimum absolute atomic E-state index is 0.299. The lowest BCUT2D eigenvalue weighted by Gasteiger charge is -2.45. The van der Waals surface area contributed by atoms with Crippen molar-refractivity contribution in [3.8, 4) is 0 Å². The first kappa shape index (κ1) is 18.7. The molecule has 0 spiro atoms. The summed E-state index contributed by atoms with van der Waals surface area (Å²) in [4.78, 5) is 0. The third kappa shape index (κ3) is 4.10.